The first kappa shape index (κ1) is 13.8. The molecule has 6 nitrogen and oxygen atoms in total. The number of β-amino-alcohol motifs (C(OH)–C–C–N with tert-alkyl or cyclic N) is 2. The van der Waals surface area contributed by atoms with Gasteiger partial charge in [0.25, 0.3) is 0 Å². The van der Waals surface area contributed by atoms with Crippen molar-refractivity contribution in [1.82, 2.24) is 4.90 Å². The molecule has 1 aliphatic heterocycles. The zero-order valence-corrected chi connectivity index (χ0v) is 10.7. The smallest absolute Gasteiger partial charge is 0.238 e. The Bertz CT molecular complexity index is 442. The van der Waals surface area contributed by atoms with Gasteiger partial charge in [0.15, 0.2) is 0 Å². The number of carbonyl (C=O) groups is 1. The van der Waals surface area contributed by atoms with Gasteiger partial charge in [-0.25, -0.2) is 0 Å². The second kappa shape index (κ2) is 6.01. The number of ether oxygens (including phenoxy) is 1. The highest BCUT2D eigenvalue weighted by Gasteiger charge is 2.30. The first-order valence-electron chi connectivity index (χ1n) is 6.11. The quantitative estimate of drug-likeness (QED) is 0.695. The van der Waals surface area contributed by atoms with Crippen LogP contribution in [-0.2, 0) is 4.79 Å². The van der Waals surface area contributed by atoms with Gasteiger partial charge in [-0.3, -0.25) is 9.69 Å². The zero-order chi connectivity index (χ0) is 13.8. The van der Waals surface area contributed by atoms with Crippen LogP contribution in [0.5, 0.6) is 5.75 Å². The molecule has 104 valence electrons. The minimum Gasteiger partial charge on any atom is -0.497 e. The first-order valence-corrected chi connectivity index (χ1v) is 6.11. The van der Waals surface area contributed by atoms with Gasteiger partial charge >= 0.3 is 0 Å². The van der Waals surface area contributed by atoms with E-state index in [2.05, 4.69) is 5.32 Å². The summed E-state index contributed by atoms with van der Waals surface area (Å²) in [5, 5.41) is 21.5. The number of amides is 1. The van der Waals surface area contributed by atoms with E-state index in [1.54, 1.807) is 36.3 Å². The van der Waals surface area contributed by atoms with E-state index in [1.165, 1.54) is 0 Å². The molecule has 1 fully saturated rings. The summed E-state index contributed by atoms with van der Waals surface area (Å²) in [4.78, 5) is 13.5. The van der Waals surface area contributed by atoms with E-state index in [-0.39, 0.29) is 12.5 Å². The van der Waals surface area contributed by atoms with Crippen molar-refractivity contribution in [3.05, 3.63) is 24.3 Å². The third kappa shape index (κ3) is 3.66. The van der Waals surface area contributed by atoms with Crippen LogP contribution in [0.25, 0.3) is 0 Å². The highest BCUT2D eigenvalue weighted by Crippen LogP contribution is 2.17. The Hall–Kier alpha value is -1.63. The molecule has 3 N–H and O–H groups in total. The fourth-order valence-electron chi connectivity index (χ4n) is 2.08. The van der Waals surface area contributed by atoms with Crippen LogP contribution >= 0.6 is 0 Å². The van der Waals surface area contributed by atoms with Crippen LogP contribution in [0.15, 0.2) is 24.3 Å². The number of carbonyl (C=O) groups excluding carboxylic acids is 1. The Morgan fingerprint density at radius 1 is 1.42 bits per heavy atom. The van der Waals surface area contributed by atoms with Crippen LogP contribution in [0, 0.1) is 0 Å². The highest BCUT2D eigenvalue weighted by atomic mass is 16.5. The van der Waals surface area contributed by atoms with Crippen LogP contribution in [0.2, 0.25) is 0 Å². The highest BCUT2D eigenvalue weighted by molar-refractivity contribution is 5.92. The molecule has 2 atom stereocenters. The summed E-state index contributed by atoms with van der Waals surface area (Å²) in [7, 11) is 1.56. The van der Waals surface area contributed by atoms with Crippen LogP contribution in [-0.4, -0.2) is 60.0 Å². The van der Waals surface area contributed by atoms with Gasteiger partial charge in [-0.2, -0.15) is 0 Å². The largest absolute Gasteiger partial charge is 0.497 e. The van der Waals surface area contributed by atoms with E-state index in [0.717, 1.165) is 0 Å². The van der Waals surface area contributed by atoms with Crippen molar-refractivity contribution in [2.24, 2.45) is 0 Å². The van der Waals surface area contributed by atoms with E-state index in [0.29, 0.717) is 24.5 Å². The minimum atomic E-state index is -0.774. The normalized spacial score (nSPS) is 23.3. The minimum absolute atomic E-state index is 0.144. The molecule has 1 aliphatic rings. The van der Waals surface area contributed by atoms with Gasteiger partial charge < -0.3 is 20.3 Å². The Morgan fingerprint density at radius 2 is 2.11 bits per heavy atom. The third-order valence-corrected chi connectivity index (χ3v) is 3.06. The molecule has 1 saturated heterocycles. The summed E-state index contributed by atoms with van der Waals surface area (Å²) in [5.41, 5.74) is 0.657. The van der Waals surface area contributed by atoms with Crippen molar-refractivity contribution in [3.63, 3.8) is 0 Å². The zero-order valence-electron chi connectivity index (χ0n) is 10.7. The molecule has 0 radical (unpaired) electrons. The van der Waals surface area contributed by atoms with Crippen molar-refractivity contribution in [1.29, 1.82) is 0 Å². The number of hydrogen-bond acceptors (Lipinski definition) is 5. The van der Waals surface area contributed by atoms with Crippen molar-refractivity contribution < 1.29 is 19.7 Å². The average molecular weight is 266 g/mol. The number of benzene rings is 1. The van der Waals surface area contributed by atoms with Crippen molar-refractivity contribution >= 4 is 11.6 Å². The Morgan fingerprint density at radius 3 is 2.74 bits per heavy atom. The third-order valence-electron chi connectivity index (χ3n) is 3.06. The fraction of sp³-hybridized carbons (Fsp3) is 0.462. The van der Waals surface area contributed by atoms with Crippen LogP contribution in [0.1, 0.15) is 0 Å². The maximum Gasteiger partial charge on any atom is 0.238 e. The summed E-state index contributed by atoms with van der Waals surface area (Å²) in [6.45, 7) is 0.769. The van der Waals surface area contributed by atoms with Gasteiger partial charge in [-0.05, 0) is 12.1 Å². The van der Waals surface area contributed by atoms with E-state index in [1.807, 2.05) is 0 Å². The number of rotatable bonds is 4. The lowest BCUT2D eigenvalue weighted by Crippen LogP contribution is -2.32. The molecule has 0 aromatic heterocycles. The molecule has 0 spiro atoms. The second-order valence-corrected chi connectivity index (χ2v) is 4.61. The van der Waals surface area contributed by atoms with Gasteiger partial charge in [0.2, 0.25) is 5.91 Å². The maximum atomic E-state index is 11.8. The number of aliphatic hydroxyl groups excluding tert-OH is 2. The summed E-state index contributed by atoms with van der Waals surface area (Å²) < 4.78 is 5.07. The molecule has 0 unspecified atom stereocenters. The Balaban J connectivity index is 1.87. The molecule has 19 heavy (non-hydrogen) atoms. The van der Waals surface area contributed by atoms with E-state index in [9.17, 15) is 15.0 Å². The lowest BCUT2D eigenvalue weighted by Gasteiger charge is -2.14. The number of anilines is 1. The molecule has 1 aromatic rings. The predicted molar refractivity (Wildman–Crippen MR) is 70.1 cm³/mol. The molecule has 1 aromatic carbocycles. The molecule has 1 amide bonds. The van der Waals surface area contributed by atoms with Crippen molar-refractivity contribution in [2.45, 2.75) is 12.2 Å². The Labute approximate surface area is 111 Å². The van der Waals surface area contributed by atoms with Crippen molar-refractivity contribution in [3.8, 4) is 5.75 Å². The number of hydrogen-bond donors (Lipinski definition) is 3. The number of aliphatic hydroxyl groups is 2. The van der Waals surface area contributed by atoms with E-state index >= 15 is 0 Å². The topological polar surface area (TPSA) is 82.0 Å². The number of nitrogens with one attached hydrogen (secondary N) is 1. The molecular weight excluding hydrogens is 248 g/mol. The maximum absolute atomic E-state index is 11.8. The predicted octanol–water partition coefficient (Wildman–Crippen LogP) is -0.329. The molecule has 2 rings (SSSR count). The second-order valence-electron chi connectivity index (χ2n) is 4.61. The fourth-order valence-corrected chi connectivity index (χ4v) is 2.08. The lowest BCUT2D eigenvalue weighted by molar-refractivity contribution is -0.117. The summed E-state index contributed by atoms with van der Waals surface area (Å²) >= 11 is 0. The SMILES string of the molecule is COc1cccc(NC(=O)CN2C[C@@H](O)[C@@H](O)C2)c1. The van der Waals surface area contributed by atoms with Gasteiger partial charge in [-0.15, -0.1) is 0 Å². The molecule has 0 bridgehead atoms. The van der Waals surface area contributed by atoms with E-state index in [4.69, 9.17) is 4.74 Å². The summed E-state index contributed by atoms with van der Waals surface area (Å²) in [6.07, 6.45) is -1.55. The standard InChI is InChI=1S/C13H18N2O4/c1-19-10-4-2-3-9(5-10)14-13(18)8-15-6-11(16)12(17)7-15/h2-5,11-12,16-17H,6-8H2,1H3,(H,14,18)/t11-,12+. The van der Waals surface area contributed by atoms with Gasteiger partial charge in [0.1, 0.15) is 5.75 Å². The average Bonchev–Trinajstić information content (AvgIpc) is 2.68. The van der Waals surface area contributed by atoms with Gasteiger partial charge in [0, 0.05) is 24.8 Å². The summed E-state index contributed by atoms with van der Waals surface area (Å²) in [6, 6.07) is 7.08. The molecule has 6 heteroatoms. The number of nitrogens with zero attached hydrogens (tertiary/aromatic N) is 1. The molecule has 0 saturated carbocycles. The molecule has 0 aliphatic carbocycles. The number of likely N-dealkylation sites (tertiary alicyclic amines) is 1. The number of methoxy groups -OCH3 is 1. The Kier molecular flexibility index (Phi) is 4.36. The lowest BCUT2D eigenvalue weighted by atomic mass is 10.3. The van der Waals surface area contributed by atoms with Gasteiger partial charge in [0.05, 0.1) is 25.9 Å². The van der Waals surface area contributed by atoms with Crippen LogP contribution < -0.4 is 10.1 Å². The van der Waals surface area contributed by atoms with Crippen LogP contribution in [0.3, 0.4) is 0 Å². The van der Waals surface area contributed by atoms with E-state index < -0.39 is 12.2 Å². The molecule has 1 heterocycles. The summed E-state index contributed by atoms with van der Waals surface area (Å²) in [5.74, 6) is 0.486. The monoisotopic (exact) mass is 266 g/mol. The van der Waals surface area contributed by atoms with Crippen molar-refractivity contribution in [2.75, 3.05) is 32.1 Å². The van der Waals surface area contributed by atoms with Gasteiger partial charge in [-0.1, -0.05) is 6.07 Å². The molecular formula is C13H18N2O4. The van der Waals surface area contributed by atoms with Crippen LogP contribution in [0.4, 0.5) is 5.69 Å². The first-order chi connectivity index (χ1) is 9.08.